The molecule has 0 amide bonds. The molecule has 0 spiro atoms. The van der Waals surface area contributed by atoms with E-state index in [2.05, 4.69) is 20.3 Å². The molecule has 1 atom stereocenters. The van der Waals surface area contributed by atoms with Crippen molar-refractivity contribution in [3.05, 3.63) is 81.0 Å². The van der Waals surface area contributed by atoms with Gasteiger partial charge in [0.05, 0.1) is 12.1 Å². The van der Waals surface area contributed by atoms with Crippen LogP contribution in [-0.4, -0.2) is 45.2 Å². The smallest absolute Gasteiger partial charge is 0.295 e. The lowest BCUT2D eigenvalue weighted by Gasteiger charge is -2.29. The minimum atomic E-state index is -3.32. The number of amidine groups is 1. The van der Waals surface area contributed by atoms with E-state index in [0.29, 0.717) is 30.3 Å². The third kappa shape index (κ3) is 4.17. The number of nitrogens with zero attached hydrogens (tertiary/aromatic N) is 5. The Balaban J connectivity index is 1.57. The van der Waals surface area contributed by atoms with E-state index in [1.165, 1.54) is 22.8 Å². The molecule has 186 valence electrons. The van der Waals surface area contributed by atoms with E-state index in [1.807, 2.05) is 17.9 Å². The normalized spacial score (nSPS) is 15.7. The number of aliphatic hydroxyl groups excluding tert-OH is 1. The van der Waals surface area contributed by atoms with Crippen LogP contribution in [0.25, 0.3) is 11.6 Å². The number of fused-ring (bicyclic) bond motifs is 3. The molecular weight excluding hydrogens is 466 g/mol. The molecule has 0 fully saturated rings. The number of aliphatic hydroxyl groups is 1. The van der Waals surface area contributed by atoms with Gasteiger partial charge in [-0.2, -0.15) is 8.78 Å². The molecule has 2 aliphatic heterocycles. The first-order chi connectivity index (χ1) is 17.2. The van der Waals surface area contributed by atoms with Gasteiger partial charge in [0.15, 0.2) is 0 Å². The highest BCUT2D eigenvalue weighted by molar-refractivity contribution is 6.36. The van der Waals surface area contributed by atoms with E-state index < -0.39 is 12.5 Å². The Morgan fingerprint density at radius 3 is 2.78 bits per heavy atom. The van der Waals surface area contributed by atoms with Crippen molar-refractivity contribution in [1.82, 2.24) is 14.5 Å². The summed E-state index contributed by atoms with van der Waals surface area (Å²) in [4.78, 5) is 28.0. The quantitative estimate of drug-likeness (QED) is 0.547. The molecular formula is C26H26F2N6O2. The maximum absolute atomic E-state index is 14.1. The van der Waals surface area contributed by atoms with Crippen LogP contribution in [-0.2, 0) is 13.0 Å². The Morgan fingerprint density at radius 2 is 2.03 bits per heavy atom. The molecule has 2 aliphatic rings. The second-order valence-corrected chi connectivity index (χ2v) is 8.99. The van der Waals surface area contributed by atoms with Gasteiger partial charge in [0.1, 0.15) is 29.9 Å². The van der Waals surface area contributed by atoms with Gasteiger partial charge in [0.25, 0.3) is 5.92 Å². The van der Waals surface area contributed by atoms with Gasteiger partial charge in [-0.3, -0.25) is 9.79 Å². The van der Waals surface area contributed by atoms with Crippen LogP contribution in [0.15, 0.2) is 52.4 Å². The molecule has 3 aromatic rings. The maximum Gasteiger partial charge on any atom is 0.295 e. The topological polar surface area (TPSA) is 95.6 Å². The number of pyridine rings is 1. The number of aromatic nitrogens is 3. The molecule has 4 heterocycles. The van der Waals surface area contributed by atoms with Crippen molar-refractivity contribution < 1.29 is 13.9 Å². The predicted octanol–water partition coefficient (Wildman–Crippen LogP) is 3.51. The minimum absolute atomic E-state index is 0.107. The van der Waals surface area contributed by atoms with E-state index >= 15 is 0 Å². The number of halogens is 2. The molecule has 0 aliphatic carbocycles. The largest absolute Gasteiger partial charge is 0.390 e. The molecule has 2 N–H and O–H groups in total. The summed E-state index contributed by atoms with van der Waals surface area (Å²) < 4.78 is 29.7. The number of aryl methyl sites for hydroxylation is 2. The highest BCUT2D eigenvalue weighted by Crippen LogP contribution is 2.39. The van der Waals surface area contributed by atoms with E-state index in [-0.39, 0.29) is 17.2 Å². The van der Waals surface area contributed by atoms with E-state index in [1.54, 1.807) is 38.4 Å². The highest BCUT2D eigenvalue weighted by atomic mass is 19.3. The third-order valence-electron chi connectivity index (χ3n) is 6.42. The first kappa shape index (κ1) is 23.8. The molecule has 1 aromatic carbocycles. The van der Waals surface area contributed by atoms with Gasteiger partial charge in [-0.25, -0.2) is 9.97 Å². The molecule has 0 bridgehead atoms. The number of alkyl halides is 2. The predicted molar refractivity (Wildman–Crippen MR) is 135 cm³/mol. The second kappa shape index (κ2) is 8.94. The Labute approximate surface area is 206 Å². The number of hydrogen-bond donors (Lipinski definition) is 2. The Bertz CT molecular complexity index is 1460. The highest BCUT2D eigenvalue weighted by Gasteiger charge is 2.33. The van der Waals surface area contributed by atoms with E-state index in [4.69, 9.17) is 5.11 Å². The maximum atomic E-state index is 14.1. The van der Waals surface area contributed by atoms with Crippen LogP contribution < -0.4 is 15.8 Å². The summed E-state index contributed by atoms with van der Waals surface area (Å²) >= 11 is 0. The SMILES string of the molecule is Cc1nc(N[C@H](C)c2cccc(C(F)(F)CO)c2)c2c(n1)N1CCN=C1C(c1ccc(=O)n(C)c1)=C2. The molecule has 0 saturated heterocycles. The van der Waals surface area contributed by atoms with Crippen molar-refractivity contribution in [2.75, 3.05) is 29.9 Å². The molecule has 0 radical (unpaired) electrons. The Hall–Kier alpha value is -3.92. The zero-order chi connectivity index (χ0) is 25.6. The number of aliphatic imine (C=N–C) groups is 1. The number of hydrogen-bond acceptors (Lipinski definition) is 7. The van der Waals surface area contributed by atoms with E-state index in [0.717, 1.165) is 28.4 Å². The van der Waals surface area contributed by atoms with Crippen LogP contribution in [0.5, 0.6) is 0 Å². The summed E-state index contributed by atoms with van der Waals surface area (Å²) in [5, 5.41) is 12.5. The summed E-state index contributed by atoms with van der Waals surface area (Å²) in [6.45, 7) is 3.69. The standard InChI is InChI=1S/C26H26F2N6O2/c1-15(17-5-4-6-19(11-17)26(27,28)14-35)30-23-21-12-20(18-7-8-22(36)33(3)13-18)24-29-9-10-34(24)25(21)32-16(2)31-23/h4-8,11-13,15,35H,9-10,14H2,1-3H3,(H,30,31,32)/t15-/m1/s1. The lowest BCUT2D eigenvalue weighted by molar-refractivity contribution is -0.0556. The van der Waals surface area contributed by atoms with Crippen molar-refractivity contribution in [3.8, 4) is 0 Å². The van der Waals surface area contributed by atoms with Crippen LogP contribution in [0.2, 0.25) is 0 Å². The van der Waals surface area contributed by atoms with Crippen LogP contribution in [0.3, 0.4) is 0 Å². The van der Waals surface area contributed by atoms with Crippen molar-refractivity contribution >= 4 is 29.1 Å². The van der Waals surface area contributed by atoms with Gasteiger partial charge < -0.3 is 19.9 Å². The summed E-state index contributed by atoms with van der Waals surface area (Å²) in [5.41, 5.74) is 2.73. The van der Waals surface area contributed by atoms with Gasteiger partial charge in [-0.1, -0.05) is 18.2 Å². The molecule has 10 heteroatoms. The summed E-state index contributed by atoms with van der Waals surface area (Å²) in [6.07, 6.45) is 3.73. The molecule has 0 unspecified atom stereocenters. The first-order valence-electron chi connectivity index (χ1n) is 11.6. The number of rotatable bonds is 6. The van der Waals surface area contributed by atoms with Gasteiger partial charge in [0, 0.05) is 48.6 Å². The van der Waals surface area contributed by atoms with Crippen LogP contribution in [0.1, 0.15) is 41.0 Å². The van der Waals surface area contributed by atoms with Crippen molar-refractivity contribution in [1.29, 1.82) is 0 Å². The van der Waals surface area contributed by atoms with Gasteiger partial charge in [0.2, 0.25) is 5.56 Å². The molecule has 8 nitrogen and oxygen atoms in total. The Morgan fingerprint density at radius 1 is 1.22 bits per heavy atom. The lowest BCUT2D eigenvalue weighted by Crippen LogP contribution is -2.33. The summed E-state index contributed by atoms with van der Waals surface area (Å²) in [5.74, 6) is -0.675. The van der Waals surface area contributed by atoms with Crippen molar-refractivity contribution in [2.45, 2.75) is 25.8 Å². The number of nitrogens with one attached hydrogen (secondary N) is 1. The summed E-state index contributed by atoms with van der Waals surface area (Å²) in [6, 6.07) is 8.94. The molecule has 0 saturated carbocycles. The minimum Gasteiger partial charge on any atom is -0.390 e. The van der Waals surface area contributed by atoms with Crippen molar-refractivity contribution in [2.24, 2.45) is 12.0 Å². The van der Waals surface area contributed by atoms with Gasteiger partial charge in [-0.15, -0.1) is 0 Å². The number of anilines is 2. The zero-order valence-corrected chi connectivity index (χ0v) is 20.2. The van der Waals surface area contributed by atoms with Crippen LogP contribution >= 0.6 is 0 Å². The fourth-order valence-electron chi connectivity index (χ4n) is 4.49. The third-order valence-corrected chi connectivity index (χ3v) is 6.42. The van der Waals surface area contributed by atoms with E-state index in [9.17, 15) is 13.6 Å². The Kier molecular flexibility index (Phi) is 5.91. The average molecular weight is 493 g/mol. The summed E-state index contributed by atoms with van der Waals surface area (Å²) in [7, 11) is 1.70. The molecule has 2 aromatic heterocycles. The first-order valence-corrected chi connectivity index (χ1v) is 11.6. The lowest BCUT2D eigenvalue weighted by atomic mass is 9.98. The van der Waals surface area contributed by atoms with Crippen LogP contribution in [0, 0.1) is 6.92 Å². The second-order valence-electron chi connectivity index (χ2n) is 8.99. The zero-order valence-electron chi connectivity index (χ0n) is 20.2. The fraction of sp³-hybridized carbons (Fsp3) is 0.308. The van der Waals surface area contributed by atoms with Gasteiger partial charge in [-0.05, 0) is 37.6 Å². The monoisotopic (exact) mass is 492 g/mol. The fourth-order valence-corrected chi connectivity index (χ4v) is 4.49. The average Bonchev–Trinajstić information content (AvgIpc) is 3.36. The van der Waals surface area contributed by atoms with Crippen molar-refractivity contribution in [3.63, 3.8) is 0 Å². The van der Waals surface area contributed by atoms with Gasteiger partial charge >= 0.3 is 0 Å². The van der Waals surface area contributed by atoms with Crippen LogP contribution in [0.4, 0.5) is 20.4 Å². The number of benzene rings is 1. The molecule has 36 heavy (non-hydrogen) atoms. The molecule has 5 rings (SSSR count).